The Morgan fingerprint density at radius 2 is 1.97 bits per heavy atom. The van der Waals surface area contributed by atoms with Crippen molar-refractivity contribution >= 4 is 16.9 Å². The number of rotatable bonds is 9. The number of carbonyl (C=O) groups is 1. The highest BCUT2D eigenvalue weighted by atomic mass is 16.5. The summed E-state index contributed by atoms with van der Waals surface area (Å²) in [5.41, 5.74) is 4.98. The average molecular weight is 443 g/mol. The van der Waals surface area contributed by atoms with E-state index in [-0.39, 0.29) is 5.91 Å². The first-order valence-electron chi connectivity index (χ1n) is 11.4. The molecule has 0 radical (unpaired) electrons. The number of carbonyl (C=O) groups excluding carboxylic acids is 1. The highest BCUT2D eigenvalue weighted by molar-refractivity contribution is 5.93. The van der Waals surface area contributed by atoms with Crippen LogP contribution in [-0.4, -0.2) is 33.6 Å². The lowest BCUT2D eigenvalue weighted by atomic mass is 10.0. The van der Waals surface area contributed by atoms with Gasteiger partial charge in [0.15, 0.2) is 0 Å². The van der Waals surface area contributed by atoms with Gasteiger partial charge in [-0.15, -0.1) is 0 Å². The van der Waals surface area contributed by atoms with Gasteiger partial charge in [-0.25, -0.2) is 4.98 Å². The molecule has 2 heterocycles. The fraction of sp³-hybridized carbons (Fsp3) is 0.296. The van der Waals surface area contributed by atoms with Crippen LogP contribution in [0.15, 0.2) is 67.0 Å². The molecule has 0 aliphatic carbocycles. The van der Waals surface area contributed by atoms with Crippen molar-refractivity contribution in [1.29, 1.82) is 0 Å². The van der Waals surface area contributed by atoms with Gasteiger partial charge in [0.05, 0.1) is 23.1 Å². The number of imidazole rings is 1. The number of nitrogens with one attached hydrogen (secondary N) is 1. The van der Waals surface area contributed by atoms with E-state index in [1.54, 1.807) is 24.5 Å². The smallest absolute Gasteiger partial charge is 0.252 e. The Bertz CT molecular complexity index is 1230. The molecule has 0 aliphatic heterocycles. The fourth-order valence-corrected chi connectivity index (χ4v) is 3.94. The molecule has 4 rings (SSSR count). The molecule has 2 aromatic heterocycles. The summed E-state index contributed by atoms with van der Waals surface area (Å²) >= 11 is 0. The van der Waals surface area contributed by atoms with Gasteiger partial charge in [-0.05, 0) is 54.3 Å². The minimum atomic E-state index is -0.130. The Kier molecular flexibility index (Phi) is 7.03. The molecule has 2 aromatic carbocycles. The molecule has 1 amide bonds. The van der Waals surface area contributed by atoms with E-state index in [2.05, 4.69) is 59.9 Å². The monoisotopic (exact) mass is 442 g/mol. The molecule has 33 heavy (non-hydrogen) atoms. The zero-order valence-corrected chi connectivity index (χ0v) is 19.4. The minimum Gasteiger partial charge on any atom is -0.491 e. The number of nitrogens with zero attached hydrogens (tertiary/aromatic N) is 3. The number of para-hydroxylation sites is 2. The zero-order chi connectivity index (χ0) is 23.2. The Hall–Kier alpha value is -3.67. The molecule has 0 bridgehead atoms. The number of ether oxygens (including phenoxy) is 1. The maximum atomic E-state index is 12.3. The summed E-state index contributed by atoms with van der Waals surface area (Å²) in [7, 11) is 0. The first kappa shape index (κ1) is 22.5. The predicted molar refractivity (Wildman–Crippen MR) is 131 cm³/mol. The topological polar surface area (TPSA) is 69.0 Å². The molecular formula is C27H30N4O2. The maximum absolute atomic E-state index is 12.3. The molecule has 0 fully saturated rings. The van der Waals surface area contributed by atoms with E-state index in [0.717, 1.165) is 22.6 Å². The van der Waals surface area contributed by atoms with E-state index in [0.29, 0.717) is 37.6 Å². The number of aryl methyl sites for hydroxylation is 1. The van der Waals surface area contributed by atoms with E-state index >= 15 is 0 Å². The van der Waals surface area contributed by atoms with Crippen LogP contribution in [0.5, 0.6) is 5.75 Å². The SMILES string of the molecule is Cc1ccc(C(C)C)c(OCCn2c(CCNC(=O)c3cccnc3)nc3ccccc32)c1. The summed E-state index contributed by atoms with van der Waals surface area (Å²) in [5.74, 6) is 2.14. The molecule has 0 saturated heterocycles. The van der Waals surface area contributed by atoms with Crippen LogP contribution in [0.2, 0.25) is 0 Å². The van der Waals surface area contributed by atoms with Gasteiger partial charge in [-0.3, -0.25) is 9.78 Å². The van der Waals surface area contributed by atoms with Gasteiger partial charge < -0.3 is 14.6 Å². The van der Waals surface area contributed by atoms with Crippen molar-refractivity contribution in [3.8, 4) is 5.75 Å². The average Bonchev–Trinajstić information content (AvgIpc) is 3.17. The normalized spacial score (nSPS) is 11.2. The quantitative estimate of drug-likeness (QED) is 0.400. The first-order valence-corrected chi connectivity index (χ1v) is 11.4. The minimum absolute atomic E-state index is 0.130. The highest BCUT2D eigenvalue weighted by Gasteiger charge is 2.13. The second kappa shape index (κ2) is 10.3. The number of benzene rings is 2. The van der Waals surface area contributed by atoms with E-state index in [1.165, 1.54) is 11.1 Å². The van der Waals surface area contributed by atoms with E-state index < -0.39 is 0 Å². The number of pyridine rings is 1. The number of hydrogen-bond acceptors (Lipinski definition) is 4. The number of aromatic nitrogens is 3. The maximum Gasteiger partial charge on any atom is 0.252 e. The fourth-order valence-electron chi connectivity index (χ4n) is 3.94. The van der Waals surface area contributed by atoms with Crippen molar-refractivity contribution in [2.24, 2.45) is 0 Å². The standard InChI is InChI=1S/C27H30N4O2/c1-19(2)22-11-10-20(3)17-25(22)33-16-15-31-24-9-5-4-8-23(24)30-26(31)12-14-29-27(32)21-7-6-13-28-18-21/h4-11,13,17-19H,12,14-16H2,1-3H3,(H,29,32). The molecule has 0 atom stereocenters. The summed E-state index contributed by atoms with van der Waals surface area (Å²) in [5, 5.41) is 2.96. The van der Waals surface area contributed by atoms with Crippen LogP contribution in [0, 0.1) is 6.92 Å². The van der Waals surface area contributed by atoms with Gasteiger partial charge in [0.1, 0.15) is 18.2 Å². The van der Waals surface area contributed by atoms with Crippen LogP contribution < -0.4 is 10.1 Å². The number of amides is 1. The Labute approximate surface area is 194 Å². The third-order valence-corrected chi connectivity index (χ3v) is 5.66. The Balaban J connectivity index is 1.45. The summed E-state index contributed by atoms with van der Waals surface area (Å²) in [4.78, 5) is 21.2. The summed E-state index contributed by atoms with van der Waals surface area (Å²) in [6.07, 6.45) is 3.85. The first-order chi connectivity index (χ1) is 16.0. The number of hydrogen-bond donors (Lipinski definition) is 1. The lowest BCUT2D eigenvalue weighted by Gasteiger charge is -2.16. The second-order valence-corrected chi connectivity index (χ2v) is 8.46. The van der Waals surface area contributed by atoms with Gasteiger partial charge in [0.25, 0.3) is 5.91 Å². The molecule has 0 spiro atoms. The van der Waals surface area contributed by atoms with Crippen LogP contribution >= 0.6 is 0 Å². The van der Waals surface area contributed by atoms with Crippen LogP contribution in [0.1, 0.15) is 47.1 Å². The summed E-state index contributed by atoms with van der Waals surface area (Å²) in [6, 6.07) is 18.0. The third-order valence-electron chi connectivity index (χ3n) is 5.66. The molecule has 170 valence electrons. The Morgan fingerprint density at radius 3 is 2.76 bits per heavy atom. The van der Waals surface area contributed by atoms with Crippen molar-refractivity contribution in [3.05, 3.63) is 89.5 Å². The van der Waals surface area contributed by atoms with Crippen molar-refractivity contribution in [3.63, 3.8) is 0 Å². The lowest BCUT2D eigenvalue weighted by Crippen LogP contribution is -2.26. The largest absolute Gasteiger partial charge is 0.491 e. The van der Waals surface area contributed by atoms with Gasteiger partial charge in [-0.1, -0.05) is 38.1 Å². The van der Waals surface area contributed by atoms with Gasteiger partial charge in [-0.2, -0.15) is 0 Å². The molecule has 6 heteroatoms. The van der Waals surface area contributed by atoms with Gasteiger partial charge in [0.2, 0.25) is 0 Å². The molecular weight excluding hydrogens is 412 g/mol. The number of fused-ring (bicyclic) bond motifs is 1. The predicted octanol–water partition coefficient (Wildman–Crippen LogP) is 4.91. The van der Waals surface area contributed by atoms with Crippen molar-refractivity contribution in [2.75, 3.05) is 13.2 Å². The molecule has 0 saturated carbocycles. The summed E-state index contributed by atoms with van der Waals surface area (Å²) < 4.78 is 8.42. The molecule has 6 nitrogen and oxygen atoms in total. The van der Waals surface area contributed by atoms with Crippen LogP contribution in [-0.2, 0) is 13.0 Å². The van der Waals surface area contributed by atoms with Gasteiger partial charge in [0, 0.05) is 25.4 Å². The molecule has 4 aromatic rings. The summed E-state index contributed by atoms with van der Waals surface area (Å²) in [6.45, 7) is 8.15. The van der Waals surface area contributed by atoms with Crippen LogP contribution in [0.3, 0.4) is 0 Å². The molecule has 0 aliphatic rings. The lowest BCUT2D eigenvalue weighted by molar-refractivity contribution is 0.0953. The van der Waals surface area contributed by atoms with Crippen molar-refractivity contribution in [2.45, 2.75) is 39.7 Å². The van der Waals surface area contributed by atoms with Crippen LogP contribution in [0.25, 0.3) is 11.0 Å². The highest BCUT2D eigenvalue weighted by Crippen LogP contribution is 2.27. The molecule has 0 unspecified atom stereocenters. The van der Waals surface area contributed by atoms with E-state index in [9.17, 15) is 4.79 Å². The molecule has 1 N–H and O–H groups in total. The van der Waals surface area contributed by atoms with Crippen molar-refractivity contribution in [1.82, 2.24) is 19.9 Å². The zero-order valence-electron chi connectivity index (χ0n) is 19.4. The van der Waals surface area contributed by atoms with Gasteiger partial charge >= 0.3 is 0 Å². The van der Waals surface area contributed by atoms with Crippen molar-refractivity contribution < 1.29 is 9.53 Å². The third kappa shape index (κ3) is 5.40. The van der Waals surface area contributed by atoms with Crippen LogP contribution in [0.4, 0.5) is 0 Å². The Morgan fingerprint density at radius 1 is 1.12 bits per heavy atom. The van der Waals surface area contributed by atoms with E-state index in [4.69, 9.17) is 9.72 Å². The second-order valence-electron chi connectivity index (χ2n) is 8.46. The van der Waals surface area contributed by atoms with E-state index in [1.807, 2.05) is 18.2 Å².